The summed E-state index contributed by atoms with van der Waals surface area (Å²) in [5.74, 6) is -0.620. The van der Waals surface area contributed by atoms with E-state index < -0.39 is 11.8 Å². The van der Waals surface area contributed by atoms with Gasteiger partial charge in [-0.15, -0.1) is 22.7 Å². The zero-order chi connectivity index (χ0) is 27.7. The highest BCUT2D eigenvalue weighted by Gasteiger charge is 2.32. The maximum Gasteiger partial charge on any atom is 0.303 e. The lowest BCUT2D eigenvalue weighted by molar-refractivity contribution is -0.136. The van der Waals surface area contributed by atoms with E-state index in [1.165, 1.54) is 29.8 Å². The molecule has 1 aliphatic rings. The van der Waals surface area contributed by atoms with E-state index in [1.54, 1.807) is 25.3 Å². The van der Waals surface area contributed by atoms with Crippen LogP contribution in [0.4, 0.5) is 4.39 Å². The van der Waals surface area contributed by atoms with E-state index in [0.717, 1.165) is 28.5 Å². The number of carboxylic acids is 1. The zero-order valence-electron chi connectivity index (χ0n) is 21.5. The first kappa shape index (κ1) is 27.1. The van der Waals surface area contributed by atoms with Gasteiger partial charge in [0, 0.05) is 33.2 Å². The summed E-state index contributed by atoms with van der Waals surface area (Å²) in [6, 6.07) is 8.94. The van der Waals surface area contributed by atoms with Gasteiger partial charge in [-0.1, -0.05) is 0 Å². The molecule has 2 heterocycles. The van der Waals surface area contributed by atoms with Gasteiger partial charge in [0.05, 0.1) is 37.0 Å². The highest BCUT2D eigenvalue weighted by Crippen LogP contribution is 2.42. The first-order chi connectivity index (χ1) is 18.8. The molecule has 0 saturated heterocycles. The van der Waals surface area contributed by atoms with Crippen molar-refractivity contribution in [1.29, 1.82) is 0 Å². The van der Waals surface area contributed by atoms with Gasteiger partial charge < -0.3 is 19.3 Å². The molecule has 204 valence electrons. The van der Waals surface area contributed by atoms with Gasteiger partial charge in [-0.05, 0) is 60.9 Å². The zero-order valence-corrected chi connectivity index (χ0v) is 23.1. The Morgan fingerprint density at radius 3 is 2.36 bits per heavy atom. The van der Waals surface area contributed by atoms with Gasteiger partial charge in [-0.3, -0.25) is 14.4 Å². The third-order valence-corrected chi connectivity index (χ3v) is 8.93. The largest absolute Gasteiger partial charge is 0.496 e. The molecule has 0 spiro atoms. The average molecular weight is 571 g/mol. The van der Waals surface area contributed by atoms with Crippen LogP contribution in [0.2, 0.25) is 0 Å². The number of benzene rings is 2. The molecule has 1 fully saturated rings. The van der Waals surface area contributed by atoms with Crippen LogP contribution in [0, 0.1) is 11.7 Å². The van der Waals surface area contributed by atoms with Crippen molar-refractivity contribution in [3.8, 4) is 17.2 Å². The van der Waals surface area contributed by atoms with Gasteiger partial charge >= 0.3 is 5.97 Å². The van der Waals surface area contributed by atoms with E-state index in [9.17, 15) is 14.4 Å². The molecule has 0 radical (unpaired) electrons. The summed E-state index contributed by atoms with van der Waals surface area (Å²) in [5, 5.41) is 10.1. The number of thiophene rings is 2. The fraction of sp³-hybridized carbons (Fsp3) is 0.345. The minimum absolute atomic E-state index is 0.0259. The number of ketones is 2. The summed E-state index contributed by atoms with van der Waals surface area (Å²) >= 11 is 2.59. The number of carbonyl (C=O) groups is 3. The van der Waals surface area contributed by atoms with Crippen molar-refractivity contribution in [1.82, 2.24) is 0 Å². The van der Waals surface area contributed by atoms with Crippen LogP contribution in [-0.4, -0.2) is 43.5 Å². The number of rotatable bonds is 13. The van der Waals surface area contributed by atoms with Crippen molar-refractivity contribution >= 4 is 60.4 Å². The number of aryl methyl sites for hydroxylation is 1. The Kier molecular flexibility index (Phi) is 7.86. The average Bonchev–Trinajstić information content (AvgIpc) is 3.55. The molecule has 2 aromatic carbocycles. The van der Waals surface area contributed by atoms with Gasteiger partial charge in [-0.25, -0.2) is 4.39 Å². The molecule has 1 N–H and O–H groups in total. The van der Waals surface area contributed by atoms with E-state index in [1.807, 2.05) is 12.1 Å². The lowest BCUT2D eigenvalue weighted by Gasteiger charge is -2.13. The Morgan fingerprint density at radius 1 is 0.949 bits per heavy atom. The van der Waals surface area contributed by atoms with Crippen molar-refractivity contribution in [3.05, 3.63) is 51.5 Å². The highest BCUT2D eigenvalue weighted by atomic mass is 32.1. The third-order valence-electron chi connectivity index (χ3n) is 6.69. The molecular formula is C29H27FO7S2. The fourth-order valence-electron chi connectivity index (χ4n) is 4.47. The molecule has 39 heavy (non-hydrogen) atoms. The van der Waals surface area contributed by atoms with E-state index in [4.69, 9.17) is 19.3 Å². The number of Topliss-reactive ketones (excluding diaryl/α,β-unsaturated/α-hetero) is 2. The molecule has 10 heteroatoms. The number of halogens is 1. The summed E-state index contributed by atoms with van der Waals surface area (Å²) in [6.45, 7) is 0.223. The smallest absolute Gasteiger partial charge is 0.303 e. The van der Waals surface area contributed by atoms with Crippen LogP contribution in [0.25, 0.3) is 20.2 Å². The maximum atomic E-state index is 15.4. The van der Waals surface area contributed by atoms with Crippen molar-refractivity contribution in [2.24, 2.45) is 5.92 Å². The topological polar surface area (TPSA) is 99.1 Å². The van der Waals surface area contributed by atoms with Crippen LogP contribution in [0.3, 0.4) is 0 Å². The number of methoxy groups -OCH3 is 2. The Labute approximate surface area is 232 Å². The number of carboxylic acid groups (broad SMARTS) is 1. The first-order valence-corrected chi connectivity index (χ1v) is 14.2. The predicted octanol–water partition coefficient (Wildman–Crippen LogP) is 6.92. The minimum Gasteiger partial charge on any atom is -0.496 e. The van der Waals surface area contributed by atoms with E-state index >= 15 is 4.39 Å². The normalized spacial score (nSPS) is 13.1. The molecular weight excluding hydrogens is 543 g/mol. The Bertz CT molecular complexity index is 1580. The summed E-state index contributed by atoms with van der Waals surface area (Å²) < 4.78 is 33.8. The van der Waals surface area contributed by atoms with Gasteiger partial charge in [0.15, 0.2) is 28.9 Å². The van der Waals surface area contributed by atoms with Crippen molar-refractivity contribution in [2.45, 2.75) is 38.5 Å². The van der Waals surface area contributed by atoms with E-state index in [-0.39, 0.29) is 48.4 Å². The van der Waals surface area contributed by atoms with Gasteiger partial charge in [-0.2, -0.15) is 0 Å². The number of carbonyl (C=O) groups excluding carboxylic acids is 2. The molecule has 7 nitrogen and oxygen atoms in total. The SMILES string of the molecule is COc1cc2sc(C(=O)CCC(=O)O)cc2cc1CCCOc1c(OC)cc2sc(C(=O)C3CC3)cc2c1F. The van der Waals surface area contributed by atoms with E-state index in [0.29, 0.717) is 38.4 Å². The second-order valence-corrected chi connectivity index (χ2v) is 11.6. The predicted molar refractivity (Wildman–Crippen MR) is 149 cm³/mol. The molecule has 5 rings (SSSR count). The van der Waals surface area contributed by atoms with Crippen LogP contribution in [-0.2, 0) is 11.2 Å². The van der Waals surface area contributed by atoms with E-state index in [2.05, 4.69) is 0 Å². The van der Waals surface area contributed by atoms with Crippen LogP contribution in [0.15, 0.2) is 30.3 Å². The summed E-state index contributed by atoms with van der Waals surface area (Å²) in [4.78, 5) is 36.7. The van der Waals surface area contributed by atoms with Crippen LogP contribution >= 0.6 is 22.7 Å². The molecule has 0 aliphatic heterocycles. The summed E-state index contributed by atoms with van der Waals surface area (Å²) in [5.41, 5.74) is 0.917. The Hall–Kier alpha value is -3.50. The maximum absolute atomic E-state index is 15.4. The number of hydrogen-bond acceptors (Lipinski definition) is 8. The van der Waals surface area contributed by atoms with Crippen molar-refractivity contribution < 1.29 is 38.1 Å². The van der Waals surface area contributed by atoms with Crippen molar-refractivity contribution in [3.63, 3.8) is 0 Å². The standard InChI is InChI=1S/C29H27FO7S2/c1-35-20-13-22-17(11-24(38-22)19(31)7-8-26(32)33)10-16(20)4-3-9-37-29-21(36-2)14-23-18(27(29)30)12-25(39-23)28(34)15-5-6-15/h10-15H,3-9H2,1-2H3,(H,32,33). The molecule has 2 aromatic heterocycles. The van der Waals surface area contributed by atoms with Crippen molar-refractivity contribution in [2.75, 3.05) is 20.8 Å². The second-order valence-electron chi connectivity index (χ2n) is 9.46. The van der Waals surface area contributed by atoms with Gasteiger partial charge in [0.2, 0.25) is 0 Å². The quantitative estimate of drug-likeness (QED) is 0.138. The molecule has 1 saturated carbocycles. The summed E-state index contributed by atoms with van der Waals surface area (Å²) in [7, 11) is 3.03. The molecule has 1 aliphatic carbocycles. The summed E-state index contributed by atoms with van der Waals surface area (Å²) in [6.07, 6.45) is 2.69. The number of ether oxygens (including phenoxy) is 3. The van der Waals surface area contributed by atoms with Gasteiger partial charge in [0.1, 0.15) is 5.75 Å². The Morgan fingerprint density at radius 2 is 1.67 bits per heavy atom. The highest BCUT2D eigenvalue weighted by molar-refractivity contribution is 7.21. The fourth-order valence-corrected chi connectivity index (χ4v) is 6.62. The van der Waals surface area contributed by atoms with Crippen LogP contribution < -0.4 is 14.2 Å². The molecule has 0 atom stereocenters. The molecule has 0 bridgehead atoms. The van der Waals surface area contributed by atoms with Crippen LogP contribution in [0.1, 0.15) is 57.0 Å². The first-order valence-electron chi connectivity index (χ1n) is 12.6. The molecule has 0 unspecified atom stereocenters. The lowest BCUT2D eigenvalue weighted by Crippen LogP contribution is -2.04. The number of hydrogen-bond donors (Lipinski definition) is 1. The molecule has 0 amide bonds. The Balaban J connectivity index is 1.28. The third kappa shape index (κ3) is 5.77. The lowest BCUT2D eigenvalue weighted by atomic mass is 10.1. The minimum atomic E-state index is -1.00. The van der Waals surface area contributed by atoms with Crippen LogP contribution in [0.5, 0.6) is 17.2 Å². The monoisotopic (exact) mass is 570 g/mol. The van der Waals surface area contributed by atoms with Gasteiger partial charge in [0.25, 0.3) is 0 Å². The number of aliphatic carboxylic acids is 1. The number of fused-ring (bicyclic) bond motifs is 2. The second kappa shape index (κ2) is 11.3. The molecule has 4 aromatic rings.